The van der Waals surface area contributed by atoms with E-state index in [-0.39, 0.29) is 0 Å². The number of hydrogen-bond acceptors (Lipinski definition) is 6. The van der Waals surface area contributed by atoms with Crippen molar-refractivity contribution in [2.45, 2.75) is 19.8 Å². The van der Waals surface area contributed by atoms with E-state index in [1.54, 1.807) is 6.20 Å². The number of aryl methyl sites for hydroxylation is 1. The average molecular weight is 396 g/mol. The molecule has 1 aliphatic heterocycles. The number of hydrogen-bond donors (Lipinski definition) is 2. The van der Waals surface area contributed by atoms with E-state index in [1.807, 2.05) is 31.2 Å². The molecule has 0 saturated carbocycles. The summed E-state index contributed by atoms with van der Waals surface area (Å²) in [5.74, 6) is 1.30. The highest BCUT2D eigenvalue weighted by molar-refractivity contribution is 5.91. The van der Waals surface area contributed by atoms with Gasteiger partial charge in [0.05, 0.1) is 11.2 Å². The summed E-state index contributed by atoms with van der Waals surface area (Å²) in [4.78, 5) is 16.1. The van der Waals surface area contributed by atoms with Gasteiger partial charge < -0.3 is 15.5 Å². The van der Waals surface area contributed by atoms with Gasteiger partial charge in [-0.15, -0.1) is 0 Å². The Kier molecular flexibility index (Phi) is 4.89. The van der Waals surface area contributed by atoms with Crippen LogP contribution in [0.4, 0.5) is 28.8 Å². The molecule has 0 aliphatic carbocycles. The van der Waals surface area contributed by atoms with E-state index in [1.165, 1.54) is 18.5 Å². The first-order chi connectivity index (χ1) is 14.7. The predicted octanol–water partition coefficient (Wildman–Crippen LogP) is 5.42. The minimum Gasteiger partial charge on any atom is -0.372 e. The number of rotatable bonds is 5. The number of nitrogens with zero attached hydrogens (tertiary/aromatic N) is 4. The number of nitrogens with one attached hydrogen (secondary N) is 2. The molecule has 1 fully saturated rings. The summed E-state index contributed by atoms with van der Waals surface area (Å²) >= 11 is 0. The molecule has 0 spiro atoms. The summed E-state index contributed by atoms with van der Waals surface area (Å²) in [7, 11) is 0. The van der Waals surface area contributed by atoms with Crippen LogP contribution in [-0.4, -0.2) is 28.0 Å². The Hall–Kier alpha value is -3.67. The predicted molar refractivity (Wildman–Crippen MR) is 123 cm³/mol. The molecular weight excluding hydrogens is 372 g/mol. The summed E-state index contributed by atoms with van der Waals surface area (Å²) in [6, 6.07) is 20.5. The lowest BCUT2D eigenvalue weighted by Gasteiger charge is -2.18. The van der Waals surface area contributed by atoms with Gasteiger partial charge in [0.25, 0.3) is 0 Å². The molecule has 2 N–H and O–H groups in total. The molecule has 0 bridgehead atoms. The number of anilines is 5. The Balaban J connectivity index is 1.37. The van der Waals surface area contributed by atoms with Crippen molar-refractivity contribution in [2.75, 3.05) is 28.6 Å². The van der Waals surface area contributed by atoms with Crippen LogP contribution in [0.1, 0.15) is 18.5 Å². The van der Waals surface area contributed by atoms with Crippen LogP contribution in [0.25, 0.3) is 10.9 Å². The molecule has 3 heterocycles. The van der Waals surface area contributed by atoms with Gasteiger partial charge >= 0.3 is 0 Å². The maximum absolute atomic E-state index is 4.66. The molecule has 30 heavy (non-hydrogen) atoms. The second-order valence-corrected chi connectivity index (χ2v) is 7.59. The molecule has 2 aromatic carbocycles. The van der Waals surface area contributed by atoms with Crippen molar-refractivity contribution < 1.29 is 0 Å². The summed E-state index contributed by atoms with van der Waals surface area (Å²) in [6.45, 7) is 4.26. The molecule has 2 aromatic heterocycles. The average Bonchev–Trinajstić information content (AvgIpc) is 3.29. The third kappa shape index (κ3) is 3.89. The SMILES string of the molecule is Cc1cc(Nc2cccc3cccnc23)nc(Nc2ccc(N3CCCC3)cc2)n1. The van der Waals surface area contributed by atoms with Crippen molar-refractivity contribution in [1.82, 2.24) is 15.0 Å². The highest BCUT2D eigenvalue weighted by atomic mass is 15.2. The van der Waals surface area contributed by atoms with E-state index in [2.05, 4.69) is 66.9 Å². The lowest BCUT2D eigenvalue weighted by atomic mass is 10.2. The van der Waals surface area contributed by atoms with Crippen LogP contribution >= 0.6 is 0 Å². The maximum Gasteiger partial charge on any atom is 0.229 e. The second kappa shape index (κ2) is 7.99. The molecule has 5 rings (SSSR count). The summed E-state index contributed by atoms with van der Waals surface area (Å²) in [5.41, 5.74) is 4.97. The highest BCUT2D eigenvalue weighted by Crippen LogP contribution is 2.26. The number of fused-ring (bicyclic) bond motifs is 1. The molecular formula is C24H24N6. The Labute approximate surface area is 176 Å². The van der Waals surface area contributed by atoms with Crippen LogP contribution in [-0.2, 0) is 0 Å². The normalized spacial score (nSPS) is 13.6. The first kappa shape index (κ1) is 18.4. The van der Waals surface area contributed by atoms with Gasteiger partial charge in [0.15, 0.2) is 0 Å². The van der Waals surface area contributed by atoms with Crippen LogP contribution in [0.5, 0.6) is 0 Å². The van der Waals surface area contributed by atoms with Gasteiger partial charge in [-0.2, -0.15) is 4.98 Å². The fourth-order valence-corrected chi connectivity index (χ4v) is 3.89. The molecule has 150 valence electrons. The topological polar surface area (TPSA) is 66.0 Å². The van der Waals surface area contributed by atoms with Crippen LogP contribution < -0.4 is 15.5 Å². The van der Waals surface area contributed by atoms with Crippen LogP contribution in [0.2, 0.25) is 0 Å². The minimum atomic E-state index is 0.569. The van der Waals surface area contributed by atoms with Crippen molar-refractivity contribution in [2.24, 2.45) is 0 Å². The van der Waals surface area contributed by atoms with Crippen LogP contribution in [0.15, 0.2) is 66.9 Å². The zero-order valence-electron chi connectivity index (χ0n) is 17.0. The fraction of sp³-hybridized carbons (Fsp3) is 0.208. The molecule has 6 heteroatoms. The van der Waals surface area contributed by atoms with Gasteiger partial charge in [-0.25, -0.2) is 4.98 Å². The molecule has 0 atom stereocenters. The van der Waals surface area contributed by atoms with Crippen molar-refractivity contribution in [3.8, 4) is 0 Å². The Bertz CT molecular complexity index is 1160. The van der Waals surface area contributed by atoms with E-state index in [4.69, 9.17) is 0 Å². The Morgan fingerprint density at radius 3 is 2.50 bits per heavy atom. The fourth-order valence-electron chi connectivity index (χ4n) is 3.89. The van der Waals surface area contributed by atoms with E-state index in [9.17, 15) is 0 Å². The van der Waals surface area contributed by atoms with E-state index < -0.39 is 0 Å². The summed E-state index contributed by atoms with van der Waals surface area (Å²) in [5, 5.41) is 7.82. The van der Waals surface area contributed by atoms with Crippen LogP contribution in [0.3, 0.4) is 0 Å². The van der Waals surface area contributed by atoms with E-state index >= 15 is 0 Å². The third-order valence-electron chi connectivity index (χ3n) is 5.34. The van der Waals surface area contributed by atoms with Gasteiger partial charge in [-0.1, -0.05) is 18.2 Å². The zero-order valence-corrected chi connectivity index (χ0v) is 17.0. The minimum absolute atomic E-state index is 0.569. The van der Waals surface area contributed by atoms with Gasteiger partial charge in [-0.05, 0) is 56.2 Å². The van der Waals surface area contributed by atoms with E-state index in [0.717, 1.165) is 46.9 Å². The highest BCUT2D eigenvalue weighted by Gasteiger charge is 2.12. The molecule has 1 saturated heterocycles. The summed E-state index contributed by atoms with van der Waals surface area (Å²) < 4.78 is 0. The number of para-hydroxylation sites is 1. The first-order valence-corrected chi connectivity index (χ1v) is 10.3. The van der Waals surface area contributed by atoms with E-state index in [0.29, 0.717) is 5.95 Å². The van der Waals surface area contributed by atoms with Gasteiger partial charge in [0.1, 0.15) is 5.82 Å². The quantitative estimate of drug-likeness (QED) is 0.469. The van der Waals surface area contributed by atoms with Gasteiger partial charge in [0, 0.05) is 47.8 Å². The lowest BCUT2D eigenvalue weighted by Crippen LogP contribution is -2.17. The number of benzene rings is 2. The Morgan fingerprint density at radius 2 is 1.67 bits per heavy atom. The second-order valence-electron chi connectivity index (χ2n) is 7.59. The molecule has 0 unspecified atom stereocenters. The van der Waals surface area contributed by atoms with Crippen molar-refractivity contribution >= 4 is 39.7 Å². The molecule has 0 radical (unpaired) electrons. The standard InChI is InChI=1S/C24H24N6/c1-17-16-22(28-21-8-4-6-18-7-5-13-25-23(18)21)29-24(26-17)27-19-9-11-20(12-10-19)30-14-2-3-15-30/h4-13,16H,2-3,14-15H2,1H3,(H2,26,27,28,29). The monoisotopic (exact) mass is 396 g/mol. The molecule has 0 amide bonds. The molecule has 4 aromatic rings. The smallest absolute Gasteiger partial charge is 0.229 e. The Morgan fingerprint density at radius 1 is 0.867 bits per heavy atom. The lowest BCUT2D eigenvalue weighted by molar-refractivity contribution is 0.949. The van der Waals surface area contributed by atoms with Crippen molar-refractivity contribution in [3.05, 3.63) is 72.6 Å². The first-order valence-electron chi connectivity index (χ1n) is 10.3. The van der Waals surface area contributed by atoms with Crippen molar-refractivity contribution in [1.29, 1.82) is 0 Å². The largest absolute Gasteiger partial charge is 0.372 e. The molecule has 6 nitrogen and oxygen atoms in total. The maximum atomic E-state index is 4.66. The van der Waals surface area contributed by atoms with Gasteiger partial charge in [-0.3, -0.25) is 4.98 Å². The van der Waals surface area contributed by atoms with Crippen LogP contribution in [0, 0.1) is 6.92 Å². The number of aromatic nitrogens is 3. The zero-order chi connectivity index (χ0) is 20.3. The molecule has 1 aliphatic rings. The summed E-state index contributed by atoms with van der Waals surface area (Å²) in [6.07, 6.45) is 4.36. The van der Waals surface area contributed by atoms with Gasteiger partial charge in [0.2, 0.25) is 5.95 Å². The number of pyridine rings is 1. The van der Waals surface area contributed by atoms with Crippen molar-refractivity contribution in [3.63, 3.8) is 0 Å². The third-order valence-corrected chi connectivity index (χ3v) is 5.34.